The summed E-state index contributed by atoms with van der Waals surface area (Å²) in [7, 11) is 3.53. The van der Waals surface area contributed by atoms with Crippen molar-refractivity contribution in [2.24, 2.45) is 5.92 Å². The van der Waals surface area contributed by atoms with Crippen LogP contribution in [0.1, 0.15) is 24.8 Å². The van der Waals surface area contributed by atoms with Gasteiger partial charge in [-0.05, 0) is 29.8 Å². The van der Waals surface area contributed by atoms with Gasteiger partial charge >= 0.3 is 0 Å². The fourth-order valence-corrected chi connectivity index (χ4v) is 3.61. The first-order valence-corrected chi connectivity index (χ1v) is 10.7. The van der Waals surface area contributed by atoms with E-state index < -0.39 is 5.92 Å². The average molecular weight is 431 g/mol. The quantitative estimate of drug-likeness (QED) is 0.498. The zero-order valence-corrected chi connectivity index (χ0v) is 18.7. The van der Waals surface area contributed by atoms with Crippen molar-refractivity contribution in [1.82, 2.24) is 15.9 Å². The van der Waals surface area contributed by atoms with Crippen molar-refractivity contribution < 1.29 is 9.59 Å². The van der Waals surface area contributed by atoms with Crippen molar-refractivity contribution in [2.75, 3.05) is 19.1 Å². The molecule has 0 saturated heterocycles. The Kier molecular flexibility index (Phi) is 8.00. The van der Waals surface area contributed by atoms with Crippen molar-refractivity contribution in [3.05, 3.63) is 96.6 Å². The molecule has 6 nitrogen and oxygen atoms in total. The van der Waals surface area contributed by atoms with Crippen LogP contribution in [0, 0.1) is 5.92 Å². The smallest absolute Gasteiger partial charge is 0.242 e. The molecule has 0 aromatic heterocycles. The monoisotopic (exact) mass is 430 g/mol. The van der Waals surface area contributed by atoms with Gasteiger partial charge in [0, 0.05) is 32.4 Å². The van der Waals surface area contributed by atoms with Crippen LogP contribution in [0.2, 0.25) is 0 Å². The first-order valence-electron chi connectivity index (χ1n) is 10.7. The van der Waals surface area contributed by atoms with E-state index in [1.807, 2.05) is 97.9 Å². The Morgan fingerprint density at radius 3 is 1.69 bits per heavy atom. The topological polar surface area (TPSA) is 64.7 Å². The van der Waals surface area contributed by atoms with Crippen LogP contribution < -0.4 is 15.9 Å². The molecule has 2 amide bonds. The predicted molar refractivity (Wildman–Crippen MR) is 128 cm³/mol. The van der Waals surface area contributed by atoms with Crippen LogP contribution in [0.5, 0.6) is 0 Å². The van der Waals surface area contributed by atoms with E-state index in [1.54, 1.807) is 24.1 Å². The third-order valence-electron chi connectivity index (χ3n) is 5.25. The van der Waals surface area contributed by atoms with Crippen molar-refractivity contribution in [2.45, 2.75) is 19.3 Å². The number of nitrogens with zero attached hydrogens (tertiary/aromatic N) is 2. The number of para-hydroxylation sites is 2. The Bertz CT molecular complexity index is 955. The van der Waals surface area contributed by atoms with E-state index >= 15 is 0 Å². The zero-order valence-electron chi connectivity index (χ0n) is 18.7. The molecule has 166 valence electrons. The SMILES string of the molecule is CC(C(=O)NN(c1ccccc1)c1ccccc1)C(CC(=O)NN(C)C)c1ccccc1. The summed E-state index contributed by atoms with van der Waals surface area (Å²) in [6.07, 6.45) is 0.202. The number of hydrogen-bond acceptors (Lipinski definition) is 4. The molecule has 0 fully saturated rings. The summed E-state index contributed by atoms with van der Waals surface area (Å²) in [6.45, 7) is 1.87. The zero-order chi connectivity index (χ0) is 22.9. The lowest BCUT2D eigenvalue weighted by molar-refractivity contribution is -0.127. The minimum absolute atomic E-state index is 0.133. The van der Waals surface area contributed by atoms with Crippen LogP contribution in [0.15, 0.2) is 91.0 Å². The predicted octanol–water partition coefficient (Wildman–Crippen LogP) is 4.26. The fourth-order valence-electron chi connectivity index (χ4n) is 3.61. The molecule has 0 saturated carbocycles. The number of amides is 2. The van der Waals surface area contributed by atoms with Gasteiger partial charge in [0.15, 0.2) is 0 Å². The van der Waals surface area contributed by atoms with E-state index in [1.165, 1.54) is 0 Å². The maximum atomic E-state index is 13.4. The van der Waals surface area contributed by atoms with E-state index in [-0.39, 0.29) is 24.2 Å². The summed E-state index contributed by atoms with van der Waals surface area (Å²) in [6, 6.07) is 29.1. The van der Waals surface area contributed by atoms with E-state index in [2.05, 4.69) is 10.9 Å². The lowest BCUT2D eigenvalue weighted by Crippen LogP contribution is -2.44. The second-order valence-corrected chi connectivity index (χ2v) is 7.92. The van der Waals surface area contributed by atoms with Crippen molar-refractivity contribution in [3.8, 4) is 0 Å². The number of rotatable bonds is 9. The molecule has 32 heavy (non-hydrogen) atoms. The summed E-state index contributed by atoms with van der Waals surface area (Å²) in [5.74, 6) is -1.01. The van der Waals surface area contributed by atoms with Crippen LogP contribution in [-0.2, 0) is 9.59 Å². The second kappa shape index (κ2) is 11.1. The van der Waals surface area contributed by atoms with Gasteiger partial charge < -0.3 is 0 Å². The van der Waals surface area contributed by atoms with Gasteiger partial charge in [-0.2, -0.15) is 0 Å². The van der Waals surface area contributed by atoms with E-state index in [4.69, 9.17) is 0 Å². The number of carbonyl (C=O) groups excluding carboxylic acids is 2. The van der Waals surface area contributed by atoms with Crippen molar-refractivity contribution in [1.29, 1.82) is 0 Å². The molecule has 3 aromatic carbocycles. The number of hydrogen-bond donors (Lipinski definition) is 2. The summed E-state index contributed by atoms with van der Waals surface area (Å²) in [5.41, 5.74) is 8.50. The molecule has 3 aromatic rings. The van der Waals surface area contributed by atoms with Gasteiger partial charge in [0.05, 0.1) is 11.4 Å². The van der Waals surface area contributed by atoms with E-state index in [9.17, 15) is 9.59 Å². The molecular formula is C26H30N4O2. The molecule has 0 heterocycles. The van der Waals surface area contributed by atoms with Gasteiger partial charge in [0.2, 0.25) is 11.8 Å². The highest BCUT2D eigenvalue weighted by Gasteiger charge is 2.29. The highest BCUT2D eigenvalue weighted by atomic mass is 16.2. The molecule has 3 rings (SSSR count). The van der Waals surface area contributed by atoms with Gasteiger partial charge in [0.1, 0.15) is 0 Å². The number of anilines is 2. The summed E-state index contributed by atoms with van der Waals surface area (Å²) < 4.78 is 0. The maximum Gasteiger partial charge on any atom is 0.242 e. The van der Waals surface area contributed by atoms with Gasteiger partial charge in [-0.1, -0.05) is 73.7 Å². The molecule has 2 unspecified atom stereocenters. The average Bonchev–Trinajstić information content (AvgIpc) is 2.81. The van der Waals surface area contributed by atoms with E-state index in [0.717, 1.165) is 16.9 Å². The van der Waals surface area contributed by atoms with Crippen LogP contribution in [0.4, 0.5) is 11.4 Å². The molecule has 0 aliphatic rings. The second-order valence-electron chi connectivity index (χ2n) is 7.92. The van der Waals surface area contributed by atoms with Gasteiger partial charge in [-0.15, -0.1) is 0 Å². The first kappa shape index (κ1) is 23.0. The third kappa shape index (κ3) is 6.18. The minimum Gasteiger partial charge on any atom is -0.289 e. The Hall–Kier alpha value is -3.64. The molecule has 0 spiro atoms. The maximum absolute atomic E-state index is 13.4. The molecule has 0 bridgehead atoms. The molecular weight excluding hydrogens is 400 g/mol. The Morgan fingerprint density at radius 1 is 0.750 bits per heavy atom. The molecule has 0 radical (unpaired) electrons. The highest BCUT2D eigenvalue weighted by molar-refractivity contribution is 5.85. The molecule has 0 aliphatic carbocycles. The van der Waals surface area contributed by atoms with Crippen LogP contribution >= 0.6 is 0 Å². The Morgan fingerprint density at radius 2 is 1.22 bits per heavy atom. The van der Waals surface area contributed by atoms with Crippen LogP contribution in [0.3, 0.4) is 0 Å². The lowest BCUT2D eigenvalue weighted by Gasteiger charge is -2.30. The molecule has 2 N–H and O–H groups in total. The fraction of sp³-hybridized carbons (Fsp3) is 0.231. The Balaban J connectivity index is 1.85. The van der Waals surface area contributed by atoms with E-state index in [0.29, 0.717) is 0 Å². The number of carbonyl (C=O) groups is 2. The summed E-state index contributed by atoms with van der Waals surface area (Å²) in [4.78, 5) is 26.0. The lowest BCUT2D eigenvalue weighted by atomic mass is 9.84. The van der Waals surface area contributed by atoms with Gasteiger partial charge in [-0.25, -0.2) is 5.01 Å². The van der Waals surface area contributed by atoms with Gasteiger partial charge in [0.25, 0.3) is 0 Å². The molecule has 0 aliphatic heterocycles. The largest absolute Gasteiger partial charge is 0.289 e. The van der Waals surface area contributed by atoms with Crippen LogP contribution in [0.25, 0.3) is 0 Å². The molecule has 6 heteroatoms. The third-order valence-corrected chi connectivity index (χ3v) is 5.25. The number of hydrazine groups is 2. The summed E-state index contributed by atoms with van der Waals surface area (Å²) >= 11 is 0. The summed E-state index contributed by atoms with van der Waals surface area (Å²) in [5, 5.41) is 3.39. The van der Waals surface area contributed by atoms with Crippen molar-refractivity contribution >= 4 is 23.2 Å². The first-order chi connectivity index (χ1) is 15.5. The Labute approximate surface area is 189 Å². The molecule has 2 atom stereocenters. The highest BCUT2D eigenvalue weighted by Crippen LogP contribution is 2.30. The normalized spacial score (nSPS) is 12.6. The van der Waals surface area contributed by atoms with Crippen molar-refractivity contribution in [3.63, 3.8) is 0 Å². The van der Waals surface area contributed by atoms with Crippen LogP contribution in [-0.4, -0.2) is 30.9 Å². The minimum atomic E-state index is -0.444. The number of nitrogens with one attached hydrogen (secondary N) is 2. The standard InChI is InChI=1S/C26H30N4O2/c1-20(24(19-25(31)27-29(2)3)21-13-7-4-8-14-21)26(32)28-30(22-15-9-5-10-16-22)23-17-11-6-12-18-23/h4-18,20,24H,19H2,1-3H3,(H,27,31)(H,28,32). The number of benzene rings is 3. The van der Waals surface area contributed by atoms with Gasteiger partial charge in [-0.3, -0.25) is 25.4 Å².